The number of hydrogen-bond donors (Lipinski definition) is 2. The largest absolute Gasteiger partial charge is 0.593 e. The van der Waals surface area contributed by atoms with Gasteiger partial charge in [0, 0.05) is 30.3 Å². The van der Waals surface area contributed by atoms with Crippen molar-refractivity contribution >= 4 is 23.3 Å². The third-order valence-electron chi connectivity index (χ3n) is 4.75. The summed E-state index contributed by atoms with van der Waals surface area (Å²) < 4.78 is 31.1. The summed E-state index contributed by atoms with van der Waals surface area (Å²) in [6.07, 6.45) is 1.09. The number of rotatable bonds is 7. The van der Waals surface area contributed by atoms with Gasteiger partial charge in [-0.3, -0.25) is 0 Å². The smallest absolute Gasteiger partial charge is 0.181 e. The van der Waals surface area contributed by atoms with E-state index in [1.165, 1.54) is 6.07 Å². The lowest BCUT2D eigenvalue weighted by Crippen LogP contribution is -2.40. The van der Waals surface area contributed by atoms with Gasteiger partial charge in [0.1, 0.15) is 12.1 Å². The van der Waals surface area contributed by atoms with Crippen molar-refractivity contribution in [1.29, 1.82) is 0 Å². The monoisotopic (exact) mass is 438 g/mol. The van der Waals surface area contributed by atoms with E-state index in [0.717, 1.165) is 23.1 Å². The predicted molar refractivity (Wildman–Crippen MR) is 126 cm³/mol. The number of carbonyl (C=O) groups is 1. The quantitative estimate of drug-likeness (QED) is 0.385. The van der Waals surface area contributed by atoms with Gasteiger partial charge in [-0.15, -0.1) is 4.72 Å². The molecule has 3 aromatic carbocycles. The first kappa shape index (κ1) is 23.0. The zero-order valence-electron chi connectivity index (χ0n) is 18.2. The Morgan fingerprint density at radius 2 is 1.68 bits per heavy atom. The molecule has 162 valence electrons. The maximum atomic E-state index is 15.1. The number of benzene rings is 3. The van der Waals surface area contributed by atoms with Crippen molar-refractivity contribution in [3.8, 4) is 22.3 Å². The maximum absolute atomic E-state index is 15.1. The minimum atomic E-state index is -1.43. The molecule has 3 aromatic rings. The zero-order chi connectivity index (χ0) is 22.6. The lowest BCUT2D eigenvalue weighted by Gasteiger charge is -2.23. The fourth-order valence-corrected chi connectivity index (χ4v) is 4.63. The van der Waals surface area contributed by atoms with Crippen LogP contribution in [0.3, 0.4) is 0 Å². The van der Waals surface area contributed by atoms with Crippen LogP contribution in [0.5, 0.6) is 0 Å². The lowest BCUT2D eigenvalue weighted by atomic mass is 9.97. The summed E-state index contributed by atoms with van der Waals surface area (Å²) in [6.45, 7) is 5.83. The van der Waals surface area contributed by atoms with Crippen LogP contribution in [0, 0.1) is 5.82 Å². The Morgan fingerprint density at radius 3 is 2.32 bits per heavy atom. The van der Waals surface area contributed by atoms with Crippen LogP contribution in [-0.4, -0.2) is 23.4 Å². The SMILES string of the molecule is CNc1ccc(-c2ccc(-c3ccccc3[S+]([O-])NC(C)(C)C)cc2F)cc1CC=O. The molecule has 2 N–H and O–H groups in total. The van der Waals surface area contributed by atoms with Crippen molar-refractivity contribution in [2.75, 3.05) is 12.4 Å². The van der Waals surface area contributed by atoms with Crippen LogP contribution < -0.4 is 10.0 Å². The van der Waals surface area contributed by atoms with Crippen LogP contribution >= 0.6 is 0 Å². The number of nitrogens with one attached hydrogen (secondary N) is 2. The van der Waals surface area contributed by atoms with Gasteiger partial charge in [-0.25, -0.2) is 4.39 Å². The summed E-state index contributed by atoms with van der Waals surface area (Å²) in [5.74, 6) is -0.379. The fourth-order valence-electron chi connectivity index (χ4n) is 3.38. The van der Waals surface area contributed by atoms with Gasteiger partial charge in [0.15, 0.2) is 4.90 Å². The first-order chi connectivity index (χ1) is 14.7. The molecule has 0 bridgehead atoms. The van der Waals surface area contributed by atoms with Crippen LogP contribution in [0.1, 0.15) is 26.3 Å². The first-order valence-electron chi connectivity index (χ1n) is 10.1. The highest BCUT2D eigenvalue weighted by atomic mass is 32.2. The van der Waals surface area contributed by atoms with E-state index in [1.807, 2.05) is 63.2 Å². The molecule has 3 rings (SSSR count). The van der Waals surface area contributed by atoms with E-state index >= 15 is 4.39 Å². The van der Waals surface area contributed by atoms with Crippen molar-refractivity contribution in [3.05, 3.63) is 72.0 Å². The Balaban J connectivity index is 1.99. The van der Waals surface area contributed by atoms with Crippen molar-refractivity contribution in [2.45, 2.75) is 37.6 Å². The molecule has 0 aromatic heterocycles. The van der Waals surface area contributed by atoms with E-state index in [0.29, 0.717) is 21.6 Å². The van der Waals surface area contributed by atoms with E-state index in [4.69, 9.17) is 0 Å². The third-order valence-corrected chi connectivity index (χ3v) is 6.31. The number of aldehydes is 1. The van der Waals surface area contributed by atoms with E-state index in [1.54, 1.807) is 19.2 Å². The van der Waals surface area contributed by atoms with E-state index in [9.17, 15) is 9.35 Å². The highest BCUT2D eigenvalue weighted by Gasteiger charge is 2.24. The molecule has 0 aliphatic rings. The number of halogens is 1. The van der Waals surface area contributed by atoms with E-state index in [-0.39, 0.29) is 17.8 Å². The average molecular weight is 439 g/mol. The van der Waals surface area contributed by atoms with Crippen molar-refractivity contribution in [2.24, 2.45) is 0 Å². The Bertz CT molecular complexity index is 1080. The van der Waals surface area contributed by atoms with Crippen LogP contribution in [0.25, 0.3) is 22.3 Å². The molecule has 0 spiro atoms. The van der Waals surface area contributed by atoms with E-state index in [2.05, 4.69) is 10.0 Å². The summed E-state index contributed by atoms with van der Waals surface area (Å²) in [4.78, 5) is 11.6. The summed E-state index contributed by atoms with van der Waals surface area (Å²) in [7, 11) is 1.79. The molecule has 31 heavy (non-hydrogen) atoms. The van der Waals surface area contributed by atoms with Gasteiger partial charge in [-0.2, -0.15) is 0 Å². The molecule has 0 saturated heterocycles. The van der Waals surface area contributed by atoms with Crippen molar-refractivity contribution < 1.29 is 13.7 Å². The molecule has 0 aliphatic heterocycles. The summed E-state index contributed by atoms with van der Waals surface area (Å²) in [5.41, 5.74) is 3.85. The molecule has 0 saturated carbocycles. The highest BCUT2D eigenvalue weighted by Crippen LogP contribution is 2.33. The fraction of sp³-hybridized carbons (Fsp3) is 0.240. The van der Waals surface area contributed by atoms with Gasteiger partial charge < -0.3 is 14.7 Å². The Morgan fingerprint density at radius 1 is 1.00 bits per heavy atom. The van der Waals surface area contributed by atoms with Gasteiger partial charge in [0.2, 0.25) is 0 Å². The third kappa shape index (κ3) is 5.53. The first-order valence-corrected chi connectivity index (χ1v) is 11.2. The second kappa shape index (κ2) is 9.64. The summed E-state index contributed by atoms with van der Waals surface area (Å²) >= 11 is -1.43. The average Bonchev–Trinajstić information content (AvgIpc) is 2.72. The molecule has 0 fully saturated rings. The number of anilines is 1. The lowest BCUT2D eigenvalue weighted by molar-refractivity contribution is -0.107. The predicted octanol–water partition coefficient (Wildman–Crippen LogP) is 5.35. The molecule has 0 heterocycles. The van der Waals surface area contributed by atoms with Crippen LogP contribution in [-0.2, 0) is 22.6 Å². The van der Waals surface area contributed by atoms with Crippen LogP contribution in [0.15, 0.2) is 65.6 Å². The minimum Gasteiger partial charge on any atom is -0.593 e. The van der Waals surface area contributed by atoms with Gasteiger partial charge in [0.05, 0.1) is 16.9 Å². The van der Waals surface area contributed by atoms with Crippen LogP contribution in [0.4, 0.5) is 10.1 Å². The zero-order valence-corrected chi connectivity index (χ0v) is 19.0. The minimum absolute atomic E-state index is 0.254. The molecular formula is C25H27FN2O2S. The Labute approximate surface area is 186 Å². The number of hydrogen-bond acceptors (Lipinski definition) is 4. The molecule has 0 aliphatic carbocycles. The molecular weight excluding hydrogens is 411 g/mol. The van der Waals surface area contributed by atoms with Crippen molar-refractivity contribution in [3.63, 3.8) is 0 Å². The van der Waals surface area contributed by atoms with Crippen LogP contribution in [0.2, 0.25) is 0 Å². The molecule has 0 amide bonds. The second-order valence-corrected chi connectivity index (χ2v) is 9.49. The van der Waals surface area contributed by atoms with Crippen molar-refractivity contribution in [1.82, 2.24) is 4.72 Å². The van der Waals surface area contributed by atoms with Gasteiger partial charge in [-0.1, -0.05) is 30.3 Å². The number of carbonyl (C=O) groups excluding carboxylic acids is 1. The Kier molecular flexibility index (Phi) is 7.15. The van der Waals surface area contributed by atoms with Gasteiger partial charge in [0.25, 0.3) is 0 Å². The molecule has 4 nitrogen and oxygen atoms in total. The summed E-state index contributed by atoms with van der Waals surface area (Å²) in [6, 6.07) is 17.8. The molecule has 0 radical (unpaired) electrons. The highest BCUT2D eigenvalue weighted by molar-refractivity contribution is 7.89. The summed E-state index contributed by atoms with van der Waals surface area (Å²) in [5, 5.41) is 3.05. The topological polar surface area (TPSA) is 64.2 Å². The van der Waals surface area contributed by atoms with E-state index < -0.39 is 11.4 Å². The standard InChI is InChI=1S/C25H27FN2O2S/c1-25(2,3)28-31(30)24-8-6-5-7-21(24)18-9-11-20(22(26)16-18)17-10-12-23(27-4)19(15-17)13-14-29/h5-12,14-16,27-28H,13H2,1-4H3. The normalized spacial score (nSPS) is 12.5. The van der Waals surface area contributed by atoms with Gasteiger partial charge in [-0.05, 0) is 67.8 Å². The second-order valence-electron chi connectivity index (χ2n) is 8.30. The molecule has 6 heteroatoms. The Hall–Kier alpha value is -2.67. The van der Waals surface area contributed by atoms with Gasteiger partial charge >= 0.3 is 0 Å². The molecule has 1 unspecified atom stereocenters. The molecule has 1 atom stereocenters. The maximum Gasteiger partial charge on any atom is 0.181 e.